The molecule has 1 saturated carbocycles. The molecule has 1 atom stereocenters. The highest BCUT2D eigenvalue weighted by atomic mass is 79.9. The van der Waals surface area contributed by atoms with Crippen LogP contribution >= 0.6 is 15.9 Å². The van der Waals surface area contributed by atoms with Crippen molar-refractivity contribution in [3.8, 4) is 0 Å². The molecule has 1 aromatic heterocycles. The van der Waals surface area contributed by atoms with Gasteiger partial charge in [-0.2, -0.15) is 0 Å². The zero-order valence-electron chi connectivity index (χ0n) is 8.33. The Bertz CT molecular complexity index is 310. The molecule has 0 saturated heterocycles. The summed E-state index contributed by atoms with van der Waals surface area (Å²) in [5.41, 5.74) is 0. The van der Waals surface area contributed by atoms with Crippen molar-refractivity contribution in [2.75, 3.05) is 5.32 Å². The van der Waals surface area contributed by atoms with Gasteiger partial charge in [0.15, 0.2) is 0 Å². The Kier molecular flexibility index (Phi) is 3.06. The topological polar surface area (TPSA) is 24.9 Å². The normalized spacial score (nSPS) is 18.7. The highest BCUT2D eigenvalue weighted by Crippen LogP contribution is 2.30. The van der Waals surface area contributed by atoms with Crippen molar-refractivity contribution in [1.82, 2.24) is 4.98 Å². The Morgan fingerprint density at radius 3 is 2.93 bits per heavy atom. The van der Waals surface area contributed by atoms with Gasteiger partial charge in [-0.15, -0.1) is 0 Å². The Morgan fingerprint density at radius 2 is 2.36 bits per heavy atom. The molecule has 2 rings (SSSR count). The van der Waals surface area contributed by atoms with Gasteiger partial charge in [-0.05, 0) is 37.8 Å². The van der Waals surface area contributed by atoms with E-state index in [1.165, 1.54) is 19.3 Å². The van der Waals surface area contributed by atoms with Crippen LogP contribution in [0, 0.1) is 5.92 Å². The van der Waals surface area contributed by atoms with Crippen LogP contribution in [0.5, 0.6) is 0 Å². The van der Waals surface area contributed by atoms with Gasteiger partial charge in [-0.3, -0.25) is 0 Å². The van der Waals surface area contributed by atoms with Crippen LogP contribution < -0.4 is 5.32 Å². The van der Waals surface area contributed by atoms with Crippen molar-refractivity contribution in [2.45, 2.75) is 32.2 Å². The van der Waals surface area contributed by atoms with Crippen molar-refractivity contribution in [2.24, 2.45) is 5.92 Å². The van der Waals surface area contributed by atoms with Crippen LogP contribution in [0.3, 0.4) is 0 Å². The number of rotatable bonds is 3. The summed E-state index contributed by atoms with van der Waals surface area (Å²) in [5.74, 6) is 1.81. The van der Waals surface area contributed by atoms with Crippen LogP contribution in [0.15, 0.2) is 22.8 Å². The summed E-state index contributed by atoms with van der Waals surface area (Å²) >= 11 is 3.44. The third kappa shape index (κ3) is 2.27. The molecule has 1 aliphatic rings. The lowest BCUT2D eigenvalue weighted by Gasteiger charge is -2.32. The lowest BCUT2D eigenvalue weighted by Crippen LogP contribution is -2.31. The number of hydrogen-bond donors (Lipinski definition) is 1. The predicted octanol–water partition coefficient (Wildman–Crippen LogP) is 3.44. The van der Waals surface area contributed by atoms with Crippen molar-refractivity contribution in [3.63, 3.8) is 0 Å². The van der Waals surface area contributed by atoms with Crippen LogP contribution in [-0.2, 0) is 0 Å². The fraction of sp³-hybridized carbons (Fsp3) is 0.545. The SMILES string of the molecule is CC(Nc1cc(Br)ccn1)C1CCC1. The molecule has 0 radical (unpaired) electrons. The van der Waals surface area contributed by atoms with Crippen molar-refractivity contribution in [3.05, 3.63) is 22.8 Å². The molecule has 1 aromatic rings. The first-order chi connectivity index (χ1) is 6.75. The maximum atomic E-state index is 4.28. The summed E-state index contributed by atoms with van der Waals surface area (Å²) < 4.78 is 1.08. The second-order valence-corrected chi connectivity index (χ2v) is 4.90. The molecule has 0 aromatic carbocycles. The first-order valence-corrected chi connectivity index (χ1v) is 5.93. The minimum atomic E-state index is 0.547. The molecule has 0 aliphatic heterocycles. The zero-order chi connectivity index (χ0) is 9.97. The van der Waals surface area contributed by atoms with Crippen LogP contribution in [0.25, 0.3) is 0 Å². The van der Waals surface area contributed by atoms with Gasteiger partial charge in [0, 0.05) is 16.7 Å². The lowest BCUT2D eigenvalue weighted by atomic mass is 9.80. The predicted molar refractivity (Wildman–Crippen MR) is 62.4 cm³/mol. The van der Waals surface area contributed by atoms with Crippen LogP contribution in [-0.4, -0.2) is 11.0 Å². The third-order valence-corrected chi connectivity index (χ3v) is 3.45. The summed E-state index contributed by atoms with van der Waals surface area (Å²) in [6.45, 7) is 2.24. The molecule has 1 heterocycles. The molecular formula is C11H15BrN2. The van der Waals surface area contributed by atoms with Crippen LogP contribution in [0.4, 0.5) is 5.82 Å². The van der Waals surface area contributed by atoms with Gasteiger partial charge in [0.1, 0.15) is 5.82 Å². The molecular weight excluding hydrogens is 240 g/mol. The molecule has 2 nitrogen and oxygen atoms in total. The second kappa shape index (κ2) is 4.30. The molecule has 1 unspecified atom stereocenters. The minimum absolute atomic E-state index is 0.547. The fourth-order valence-electron chi connectivity index (χ4n) is 1.77. The molecule has 0 amide bonds. The van der Waals surface area contributed by atoms with E-state index in [0.29, 0.717) is 6.04 Å². The molecule has 1 aliphatic carbocycles. The largest absolute Gasteiger partial charge is 0.367 e. The van der Waals surface area contributed by atoms with Gasteiger partial charge in [-0.1, -0.05) is 22.4 Å². The van der Waals surface area contributed by atoms with Crippen molar-refractivity contribution in [1.29, 1.82) is 0 Å². The first-order valence-electron chi connectivity index (χ1n) is 5.14. The molecule has 0 bridgehead atoms. The van der Waals surface area contributed by atoms with E-state index < -0.39 is 0 Å². The maximum absolute atomic E-state index is 4.28. The van der Waals surface area contributed by atoms with Crippen LogP contribution in [0.1, 0.15) is 26.2 Å². The van der Waals surface area contributed by atoms with E-state index in [1.54, 1.807) is 0 Å². The highest BCUT2D eigenvalue weighted by Gasteiger charge is 2.23. The fourth-order valence-corrected chi connectivity index (χ4v) is 2.11. The standard InChI is InChI=1S/C11H15BrN2/c1-8(9-3-2-4-9)14-11-7-10(12)5-6-13-11/h5-9H,2-4H2,1H3,(H,13,14). The summed E-state index contributed by atoms with van der Waals surface area (Å²) in [7, 11) is 0. The van der Waals surface area contributed by atoms with Crippen molar-refractivity contribution < 1.29 is 0 Å². The van der Waals surface area contributed by atoms with E-state index in [0.717, 1.165) is 16.2 Å². The monoisotopic (exact) mass is 254 g/mol. The molecule has 3 heteroatoms. The van der Waals surface area contributed by atoms with E-state index in [-0.39, 0.29) is 0 Å². The summed E-state index contributed by atoms with van der Waals surface area (Å²) in [4.78, 5) is 4.28. The lowest BCUT2D eigenvalue weighted by molar-refractivity contribution is 0.285. The van der Waals surface area contributed by atoms with Gasteiger partial charge in [0.05, 0.1) is 0 Å². The third-order valence-electron chi connectivity index (χ3n) is 2.95. The second-order valence-electron chi connectivity index (χ2n) is 3.98. The average Bonchev–Trinajstić information content (AvgIpc) is 1.99. The smallest absolute Gasteiger partial charge is 0.127 e. The maximum Gasteiger partial charge on any atom is 0.127 e. The van der Waals surface area contributed by atoms with E-state index in [9.17, 15) is 0 Å². The minimum Gasteiger partial charge on any atom is -0.367 e. The molecule has 1 N–H and O–H groups in total. The van der Waals surface area contributed by atoms with Crippen molar-refractivity contribution >= 4 is 21.7 Å². The summed E-state index contributed by atoms with van der Waals surface area (Å²) in [6, 6.07) is 4.51. The van der Waals surface area contributed by atoms with Gasteiger partial charge in [0.25, 0.3) is 0 Å². The number of anilines is 1. The number of aromatic nitrogens is 1. The molecule has 0 spiro atoms. The summed E-state index contributed by atoms with van der Waals surface area (Å²) in [5, 5.41) is 3.44. The number of pyridine rings is 1. The summed E-state index contributed by atoms with van der Waals surface area (Å²) in [6.07, 6.45) is 5.94. The number of nitrogens with zero attached hydrogens (tertiary/aromatic N) is 1. The Hall–Kier alpha value is -0.570. The molecule has 14 heavy (non-hydrogen) atoms. The Morgan fingerprint density at radius 1 is 1.57 bits per heavy atom. The highest BCUT2D eigenvalue weighted by molar-refractivity contribution is 9.10. The van der Waals surface area contributed by atoms with Gasteiger partial charge in [-0.25, -0.2) is 4.98 Å². The van der Waals surface area contributed by atoms with E-state index in [1.807, 2.05) is 18.3 Å². The van der Waals surface area contributed by atoms with Gasteiger partial charge >= 0.3 is 0 Å². The van der Waals surface area contributed by atoms with E-state index in [4.69, 9.17) is 0 Å². The molecule has 1 fully saturated rings. The molecule has 76 valence electrons. The van der Waals surface area contributed by atoms with Gasteiger partial charge in [0.2, 0.25) is 0 Å². The first kappa shape index (κ1) is 9.97. The van der Waals surface area contributed by atoms with Gasteiger partial charge < -0.3 is 5.32 Å². The number of hydrogen-bond acceptors (Lipinski definition) is 2. The quantitative estimate of drug-likeness (QED) is 0.894. The van der Waals surface area contributed by atoms with E-state index >= 15 is 0 Å². The number of nitrogens with one attached hydrogen (secondary N) is 1. The van der Waals surface area contributed by atoms with E-state index in [2.05, 4.69) is 33.2 Å². The van der Waals surface area contributed by atoms with Crippen LogP contribution in [0.2, 0.25) is 0 Å². The average molecular weight is 255 g/mol. The number of halogens is 1. The Balaban J connectivity index is 1.95. The zero-order valence-corrected chi connectivity index (χ0v) is 9.92. The Labute approximate surface area is 93.3 Å².